The highest BCUT2D eigenvalue weighted by molar-refractivity contribution is 5.93. The van der Waals surface area contributed by atoms with Gasteiger partial charge in [0.05, 0.1) is 25.8 Å². The lowest BCUT2D eigenvalue weighted by Gasteiger charge is -2.25. The van der Waals surface area contributed by atoms with Gasteiger partial charge in [-0.05, 0) is 19.1 Å². The SMILES string of the molecule is CC1(C(=O)O)COCC1NC(=O)c1cccn1CC(F)F. The zero-order valence-electron chi connectivity index (χ0n) is 11.4. The number of ether oxygens (including phenoxy) is 1. The molecule has 1 saturated heterocycles. The third-order valence-corrected chi connectivity index (χ3v) is 3.65. The first-order chi connectivity index (χ1) is 9.84. The van der Waals surface area contributed by atoms with Crippen molar-refractivity contribution in [3.63, 3.8) is 0 Å². The van der Waals surface area contributed by atoms with Gasteiger partial charge in [0.2, 0.25) is 0 Å². The maximum Gasteiger partial charge on any atom is 0.313 e. The lowest BCUT2D eigenvalue weighted by Crippen LogP contribution is -2.50. The zero-order valence-corrected chi connectivity index (χ0v) is 11.4. The van der Waals surface area contributed by atoms with E-state index in [4.69, 9.17) is 4.74 Å². The molecule has 21 heavy (non-hydrogen) atoms. The van der Waals surface area contributed by atoms with Crippen LogP contribution in [0.2, 0.25) is 0 Å². The molecule has 2 atom stereocenters. The van der Waals surface area contributed by atoms with Crippen LogP contribution in [-0.4, -0.2) is 47.2 Å². The second-order valence-corrected chi connectivity index (χ2v) is 5.20. The molecule has 0 aromatic carbocycles. The van der Waals surface area contributed by atoms with Crippen molar-refractivity contribution in [3.05, 3.63) is 24.0 Å². The Kier molecular flexibility index (Phi) is 4.26. The van der Waals surface area contributed by atoms with Crippen LogP contribution in [0.4, 0.5) is 8.78 Å². The number of hydrogen-bond acceptors (Lipinski definition) is 3. The van der Waals surface area contributed by atoms with Gasteiger partial charge < -0.3 is 19.7 Å². The first-order valence-electron chi connectivity index (χ1n) is 6.40. The molecule has 6 nitrogen and oxygen atoms in total. The summed E-state index contributed by atoms with van der Waals surface area (Å²) in [4.78, 5) is 23.4. The van der Waals surface area contributed by atoms with E-state index in [-0.39, 0.29) is 18.9 Å². The molecule has 2 unspecified atom stereocenters. The Hall–Kier alpha value is -1.96. The van der Waals surface area contributed by atoms with Gasteiger partial charge in [-0.1, -0.05) is 0 Å². The Labute approximate surface area is 119 Å². The van der Waals surface area contributed by atoms with Crippen LogP contribution >= 0.6 is 0 Å². The van der Waals surface area contributed by atoms with E-state index in [1.807, 2.05) is 0 Å². The van der Waals surface area contributed by atoms with E-state index in [1.165, 1.54) is 25.3 Å². The molecule has 1 amide bonds. The number of alkyl halides is 2. The van der Waals surface area contributed by atoms with Crippen molar-refractivity contribution < 1.29 is 28.2 Å². The van der Waals surface area contributed by atoms with Crippen molar-refractivity contribution in [1.29, 1.82) is 0 Å². The van der Waals surface area contributed by atoms with Crippen molar-refractivity contribution in [2.45, 2.75) is 25.9 Å². The summed E-state index contributed by atoms with van der Waals surface area (Å²) in [7, 11) is 0. The third-order valence-electron chi connectivity index (χ3n) is 3.65. The van der Waals surface area contributed by atoms with Crippen LogP contribution in [0, 0.1) is 5.41 Å². The predicted molar refractivity (Wildman–Crippen MR) is 68.3 cm³/mol. The molecule has 0 radical (unpaired) electrons. The quantitative estimate of drug-likeness (QED) is 0.849. The Morgan fingerprint density at radius 2 is 2.33 bits per heavy atom. The molecular formula is C13H16F2N2O4. The minimum Gasteiger partial charge on any atom is -0.481 e. The number of halogens is 2. The molecule has 0 spiro atoms. The van der Waals surface area contributed by atoms with Crippen molar-refractivity contribution in [3.8, 4) is 0 Å². The van der Waals surface area contributed by atoms with Crippen LogP contribution in [0.25, 0.3) is 0 Å². The van der Waals surface area contributed by atoms with Gasteiger partial charge in [0.1, 0.15) is 11.1 Å². The molecule has 2 N–H and O–H groups in total. The zero-order chi connectivity index (χ0) is 15.6. The molecule has 2 rings (SSSR count). The third kappa shape index (κ3) is 3.05. The minimum atomic E-state index is -2.58. The van der Waals surface area contributed by atoms with Gasteiger partial charge in [-0.2, -0.15) is 0 Å². The van der Waals surface area contributed by atoms with Crippen LogP contribution in [0.3, 0.4) is 0 Å². The molecule has 0 saturated carbocycles. The van der Waals surface area contributed by atoms with Crippen LogP contribution in [0.5, 0.6) is 0 Å². The number of nitrogens with one attached hydrogen (secondary N) is 1. The minimum absolute atomic E-state index is 0.00861. The number of aliphatic carboxylic acids is 1. The van der Waals surface area contributed by atoms with Gasteiger partial charge in [-0.3, -0.25) is 9.59 Å². The first-order valence-corrected chi connectivity index (χ1v) is 6.40. The number of carbonyl (C=O) groups is 2. The molecule has 0 bridgehead atoms. The molecule has 8 heteroatoms. The molecular weight excluding hydrogens is 286 g/mol. The molecule has 2 heterocycles. The first kappa shape index (κ1) is 15.4. The highest BCUT2D eigenvalue weighted by Crippen LogP contribution is 2.29. The Morgan fingerprint density at radius 1 is 1.62 bits per heavy atom. The van der Waals surface area contributed by atoms with E-state index in [0.29, 0.717) is 0 Å². The normalized spacial score (nSPS) is 25.2. The summed E-state index contributed by atoms with van der Waals surface area (Å²) in [6.07, 6.45) is -1.20. The highest BCUT2D eigenvalue weighted by atomic mass is 19.3. The van der Waals surface area contributed by atoms with Gasteiger partial charge in [0.15, 0.2) is 0 Å². The van der Waals surface area contributed by atoms with Crippen LogP contribution in [0.1, 0.15) is 17.4 Å². The molecule has 1 aromatic heterocycles. The monoisotopic (exact) mass is 302 g/mol. The summed E-state index contributed by atoms with van der Waals surface area (Å²) in [6.45, 7) is 0.952. The summed E-state index contributed by atoms with van der Waals surface area (Å²) < 4.78 is 31.1. The van der Waals surface area contributed by atoms with Gasteiger partial charge in [-0.25, -0.2) is 8.78 Å². The molecule has 116 valence electrons. The number of hydrogen-bond donors (Lipinski definition) is 2. The highest BCUT2D eigenvalue weighted by Gasteiger charge is 2.47. The van der Waals surface area contributed by atoms with Crippen molar-refractivity contribution in [2.24, 2.45) is 5.41 Å². The van der Waals surface area contributed by atoms with E-state index in [9.17, 15) is 23.5 Å². The predicted octanol–water partition coefficient (Wildman–Crippen LogP) is 0.973. The summed E-state index contributed by atoms with van der Waals surface area (Å²) in [6, 6.07) is 2.18. The maximum atomic E-state index is 12.4. The Balaban J connectivity index is 2.12. The van der Waals surface area contributed by atoms with Crippen LogP contribution < -0.4 is 5.32 Å². The molecule has 1 aromatic rings. The fraction of sp³-hybridized carbons (Fsp3) is 0.538. The standard InChI is InChI=1S/C13H16F2N2O4/c1-13(12(19)20)7-21-6-9(13)16-11(18)8-3-2-4-17(8)5-10(14)15/h2-4,9-10H,5-7H2,1H3,(H,16,18)(H,19,20). The van der Waals surface area contributed by atoms with Gasteiger partial charge >= 0.3 is 5.97 Å². The summed E-state index contributed by atoms with van der Waals surface area (Å²) in [5.41, 5.74) is -1.16. The number of carboxylic acids is 1. The Morgan fingerprint density at radius 3 is 2.95 bits per heavy atom. The maximum absolute atomic E-state index is 12.4. The van der Waals surface area contributed by atoms with Crippen LogP contribution in [0.15, 0.2) is 18.3 Å². The van der Waals surface area contributed by atoms with E-state index < -0.39 is 36.3 Å². The van der Waals surface area contributed by atoms with Crippen LogP contribution in [-0.2, 0) is 16.1 Å². The van der Waals surface area contributed by atoms with E-state index in [1.54, 1.807) is 0 Å². The molecule has 1 fully saturated rings. The van der Waals surface area contributed by atoms with Crippen molar-refractivity contribution >= 4 is 11.9 Å². The number of carbonyl (C=O) groups excluding carboxylic acids is 1. The Bertz CT molecular complexity index is 546. The second kappa shape index (κ2) is 5.80. The van der Waals surface area contributed by atoms with E-state index >= 15 is 0 Å². The summed E-state index contributed by atoms with van der Waals surface area (Å²) >= 11 is 0. The van der Waals surface area contributed by atoms with Gasteiger partial charge in [-0.15, -0.1) is 0 Å². The van der Waals surface area contributed by atoms with E-state index in [2.05, 4.69) is 5.32 Å². The largest absolute Gasteiger partial charge is 0.481 e. The lowest BCUT2D eigenvalue weighted by molar-refractivity contribution is -0.148. The average Bonchev–Trinajstić information content (AvgIpc) is 2.97. The topological polar surface area (TPSA) is 80.6 Å². The van der Waals surface area contributed by atoms with E-state index in [0.717, 1.165) is 4.57 Å². The average molecular weight is 302 g/mol. The summed E-state index contributed by atoms with van der Waals surface area (Å²) in [5.74, 6) is -1.67. The van der Waals surface area contributed by atoms with Crippen molar-refractivity contribution in [2.75, 3.05) is 13.2 Å². The summed E-state index contributed by atoms with van der Waals surface area (Å²) in [5, 5.41) is 11.8. The number of amides is 1. The number of aromatic nitrogens is 1. The lowest BCUT2D eigenvalue weighted by atomic mass is 9.85. The van der Waals surface area contributed by atoms with Crippen molar-refractivity contribution in [1.82, 2.24) is 9.88 Å². The fourth-order valence-corrected chi connectivity index (χ4v) is 2.25. The van der Waals surface area contributed by atoms with Gasteiger partial charge in [0.25, 0.3) is 12.3 Å². The number of nitrogens with zero attached hydrogens (tertiary/aromatic N) is 1. The fourth-order valence-electron chi connectivity index (χ4n) is 2.25. The smallest absolute Gasteiger partial charge is 0.313 e. The second-order valence-electron chi connectivity index (χ2n) is 5.20. The number of carboxylic acid groups (broad SMARTS) is 1. The molecule has 1 aliphatic rings. The molecule has 0 aliphatic carbocycles. The number of rotatable bonds is 5. The van der Waals surface area contributed by atoms with Gasteiger partial charge in [0, 0.05) is 6.20 Å². The molecule has 1 aliphatic heterocycles.